The highest BCUT2D eigenvalue weighted by Crippen LogP contribution is 2.44. The third-order valence-electron chi connectivity index (χ3n) is 9.73. The molecule has 0 nitrogen and oxygen atoms in total. The maximum atomic E-state index is 2.49. The molecule has 0 saturated heterocycles. The first-order valence-corrected chi connectivity index (χ1v) is 18.4. The molecular formula is C42H40S2. The Hall–Kier alpha value is -3.46. The molecule has 0 aliphatic rings. The predicted octanol–water partition coefficient (Wildman–Crippen LogP) is 14.1. The molecule has 0 bridgehead atoms. The molecule has 0 atom stereocenters. The van der Waals surface area contributed by atoms with E-state index in [9.17, 15) is 0 Å². The zero-order chi connectivity index (χ0) is 29.6. The first kappa shape index (κ1) is 28.0. The number of fused-ring (bicyclic) bond motifs is 10. The van der Waals surface area contributed by atoms with Crippen LogP contribution in [0.25, 0.3) is 72.7 Å². The lowest BCUT2D eigenvalue weighted by Gasteiger charge is -2.05. The fourth-order valence-electron chi connectivity index (χ4n) is 7.23. The smallest absolute Gasteiger partial charge is 0.0434 e. The van der Waals surface area contributed by atoms with E-state index in [-0.39, 0.29) is 0 Å². The molecule has 0 aliphatic carbocycles. The highest BCUT2D eigenvalue weighted by molar-refractivity contribution is 7.27. The first-order valence-electron chi connectivity index (χ1n) is 16.8. The van der Waals surface area contributed by atoms with Gasteiger partial charge in [-0.3, -0.25) is 0 Å². The van der Waals surface area contributed by atoms with Gasteiger partial charge in [0.05, 0.1) is 0 Å². The van der Waals surface area contributed by atoms with Crippen LogP contribution in [0, 0.1) is 0 Å². The van der Waals surface area contributed by atoms with Crippen molar-refractivity contribution in [3.05, 3.63) is 96.1 Å². The summed E-state index contributed by atoms with van der Waals surface area (Å²) in [6.45, 7) is 4.57. The van der Waals surface area contributed by atoms with Gasteiger partial charge in [-0.25, -0.2) is 0 Å². The van der Waals surface area contributed by atoms with Gasteiger partial charge in [0.1, 0.15) is 0 Å². The quantitative estimate of drug-likeness (QED) is 0.135. The summed E-state index contributed by atoms with van der Waals surface area (Å²) in [4.78, 5) is 0. The molecule has 0 unspecified atom stereocenters. The molecule has 0 aliphatic heterocycles. The summed E-state index contributed by atoms with van der Waals surface area (Å²) in [6.07, 6.45) is 12.9. The minimum absolute atomic E-state index is 1.18. The Kier molecular flexibility index (Phi) is 7.52. The van der Waals surface area contributed by atoms with Crippen LogP contribution in [0.15, 0.2) is 84.9 Å². The SMILES string of the molecule is CCCCCCc1ccc2cc3c(cc2c1)sc1cc2ccc4c5cc6cc(CCCCCC)ccc6cc5sc4c2cc13. The van der Waals surface area contributed by atoms with Gasteiger partial charge in [-0.05, 0) is 100 Å². The monoisotopic (exact) mass is 608 g/mol. The minimum atomic E-state index is 1.18. The van der Waals surface area contributed by atoms with E-state index in [1.165, 1.54) is 148 Å². The van der Waals surface area contributed by atoms with Crippen LogP contribution < -0.4 is 0 Å². The van der Waals surface area contributed by atoms with Gasteiger partial charge in [-0.2, -0.15) is 0 Å². The molecular weight excluding hydrogens is 569 g/mol. The number of rotatable bonds is 10. The number of unbranched alkanes of at least 4 members (excludes halogenated alkanes) is 6. The first-order chi connectivity index (χ1) is 21.7. The maximum absolute atomic E-state index is 2.49. The third-order valence-corrected chi connectivity index (χ3v) is 12.0. The summed E-state index contributed by atoms with van der Waals surface area (Å²) in [5.74, 6) is 0. The van der Waals surface area contributed by atoms with E-state index in [4.69, 9.17) is 0 Å². The second-order valence-electron chi connectivity index (χ2n) is 12.9. The van der Waals surface area contributed by atoms with Crippen LogP contribution in [0.3, 0.4) is 0 Å². The largest absolute Gasteiger partial charge is 0.135 e. The topological polar surface area (TPSA) is 0 Å². The van der Waals surface area contributed by atoms with E-state index in [0.29, 0.717) is 0 Å². The second-order valence-corrected chi connectivity index (χ2v) is 15.0. The van der Waals surface area contributed by atoms with Gasteiger partial charge in [0.2, 0.25) is 0 Å². The van der Waals surface area contributed by atoms with Crippen molar-refractivity contribution in [2.24, 2.45) is 0 Å². The molecule has 0 N–H and O–H groups in total. The van der Waals surface area contributed by atoms with Crippen LogP contribution in [-0.2, 0) is 12.8 Å². The summed E-state index contributed by atoms with van der Waals surface area (Å²) in [7, 11) is 0. The van der Waals surface area contributed by atoms with Crippen molar-refractivity contribution in [3.63, 3.8) is 0 Å². The number of hydrogen-bond acceptors (Lipinski definition) is 2. The van der Waals surface area contributed by atoms with E-state index >= 15 is 0 Å². The minimum Gasteiger partial charge on any atom is -0.135 e. The highest BCUT2D eigenvalue weighted by Gasteiger charge is 2.14. The van der Waals surface area contributed by atoms with Crippen molar-refractivity contribution in [2.45, 2.75) is 78.1 Å². The average Bonchev–Trinajstić information content (AvgIpc) is 3.58. The maximum Gasteiger partial charge on any atom is 0.0434 e. The fraction of sp³-hybridized carbons (Fsp3) is 0.286. The second kappa shape index (κ2) is 11.8. The summed E-state index contributed by atoms with van der Waals surface area (Å²) in [5.41, 5.74) is 2.95. The lowest BCUT2D eigenvalue weighted by Crippen LogP contribution is -1.86. The summed E-state index contributed by atoms with van der Waals surface area (Å²) < 4.78 is 5.60. The molecule has 2 heteroatoms. The van der Waals surface area contributed by atoms with Gasteiger partial charge in [-0.15, -0.1) is 22.7 Å². The Morgan fingerprint density at radius 1 is 0.386 bits per heavy atom. The molecule has 0 amide bonds. The molecule has 6 aromatic carbocycles. The highest BCUT2D eigenvalue weighted by atomic mass is 32.1. The Morgan fingerprint density at radius 2 is 0.909 bits per heavy atom. The molecule has 44 heavy (non-hydrogen) atoms. The van der Waals surface area contributed by atoms with Crippen molar-refractivity contribution in [1.82, 2.24) is 0 Å². The number of benzene rings is 6. The van der Waals surface area contributed by atoms with Crippen LogP contribution in [0.4, 0.5) is 0 Å². The lowest BCUT2D eigenvalue weighted by molar-refractivity contribution is 0.667. The van der Waals surface area contributed by atoms with Gasteiger partial charge in [0.15, 0.2) is 0 Å². The van der Waals surface area contributed by atoms with E-state index in [1.807, 2.05) is 22.7 Å². The van der Waals surface area contributed by atoms with Crippen LogP contribution in [-0.4, -0.2) is 0 Å². The van der Waals surface area contributed by atoms with Crippen LogP contribution in [0.2, 0.25) is 0 Å². The van der Waals surface area contributed by atoms with Gasteiger partial charge in [-0.1, -0.05) is 101 Å². The van der Waals surface area contributed by atoms with E-state index in [1.54, 1.807) is 0 Å². The van der Waals surface area contributed by atoms with E-state index in [2.05, 4.69) is 98.8 Å². The van der Waals surface area contributed by atoms with Crippen LogP contribution >= 0.6 is 22.7 Å². The number of thiophene rings is 2. The zero-order valence-corrected chi connectivity index (χ0v) is 27.6. The summed E-state index contributed by atoms with van der Waals surface area (Å²) in [6, 6.07) is 33.6. The Labute approximate surface area is 268 Å². The fourth-order valence-corrected chi connectivity index (χ4v) is 9.66. The Morgan fingerprint density at radius 3 is 1.61 bits per heavy atom. The molecule has 2 heterocycles. The number of hydrogen-bond donors (Lipinski definition) is 0. The molecule has 0 fully saturated rings. The van der Waals surface area contributed by atoms with Gasteiger partial charge >= 0.3 is 0 Å². The van der Waals surface area contributed by atoms with Crippen molar-refractivity contribution in [2.75, 3.05) is 0 Å². The van der Waals surface area contributed by atoms with Crippen molar-refractivity contribution >= 4 is 95.3 Å². The third kappa shape index (κ3) is 5.07. The van der Waals surface area contributed by atoms with Crippen molar-refractivity contribution in [1.29, 1.82) is 0 Å². The normalized spacial score (nSPS) is 12.3. The van der Waals surface area contributed by atoms with Crippen LogP contribution in [0.1, 0.15) is 76.3 Å². The average molecular weight is 609 g/mol. The standard InChI is InChI=1S/C42H40S2/c1-3-5-7-9-11-27-14-16-30-23-41-36(22-32(30)19-27)34-18-17-31-24-39-38(26-35(31)42(34)44-41)37-21-29-15-13-28(12-10-8-6-4-2)20-33(29)25-40(37)43-39/h13-26H,3-12H2,1-2H3. The van der Waals surface area contributed by atoms with E-state index < -0.39 is 0 Å². The van der Waals surface area contributed by atoms with Gasteiger partial charge < -0.3 is 0 Å². The van der Waals surface area contributed by atoms with Crippen molar-refractivity contribution in [3.8, 4) is 0 Å². The zero-order valence-electron chi connectivity index (χ0n) is 26.0. The molecule has 220 valence electrons. The van der Waals surface area contributed by atoms with Crippen LogP contribution in [0.5, 0.6) is 0 Å². The van der Waals surface area contributed by atoms with E-state index in [0.717, 1.165) is 0 Å². The summed E-state index contributed by atoms with van der Waals surface area (Å²) >= 11 is 3.91. The molecule has 8 aromatic rings. The molecule has 8 rings (SSSR count). The van der Waals surface area contributed by atoms with Gasteiger partial charge in [0, 0.05) is 45.7 Å². The van der Waals surface area contributed by atoms with Gasteiger partial charge in [0.25, 0.3) is 0 Å². The molecule has 0 saturated carbocycles. The molecule has 0 spiro atoms. The van der Waals surface area contributed by atoms with Crippen molar-refractivity contribution < 1.29 is 0 Å². The molecule has 2 aromatic heterocycles. The number of aryl methyl sites for hydroxylation is 2. The Bertz CT molecular complexity index is 2310. The lowest BCUT2D eigenvalue weighted by atomic mass is 9.99. The molecule has 0 radical (unpaired) electrons. The predicted molar refractivity (Wildman–Crippen MR) is 200 cm³/mol. The summed E-state index contributed by atoms with van der Waals surface area (Å²) in [5, 5.41) is 13.8. The Balaban J connectivity index is 1.21.